The summed E-state index contributed by atoms with van der Waals surface area (Å²) in [5.41, 5.74) is 0.607. The average Bonchev–Trinajstić information content (AvgIpc) is 3.13. The van der Waals surface area contributed by atoms with Crippen LogP contribution in [0.5, 0.6) is 0 Å². The highest BCUT2D eigenvalue weighted by atomic mass is 35.5. The van der Waals surface area contributed by atoms with Gasteiger partial charge in [0.1, 0.15) is 0 Å². The number of anilines is 1. The molecule has 6 nitrogen and oxygen atoms in total. The third kappa shape index (κ3) is 4.59. The van der Waals surface area contributed by atoms with Gasteiger partial charge in [-0.05, 0) is 62.4 Å². The fourth-order valence-electron chi connectivity index (χ4n) is 2.70. The molecule has 3 rings (SSSR count). The Kier molecular flexibility index (Phi) is 6.24. The fourth-order valence-corrected chi connectivity index (χ4v) is 4.73. The van der Waals surface area contributed by atoms with E-state index in [-0.39, 0.29) is 26.0 Å². The Morgan fingerprint density at radius 2 is 1.55 bits per heavy atom. The maximum Gasteiger partial charge on any atom is 0.349 e. The van der Waals surface area contributed by atoms with Crippen molar-refractivity contribution in [3.63, 3.8) is 0 Å². The van der Waals surface area contributed by atoms with Crippen molar-refractivity contribution in [2.24, 2.45) is 0 Å². The van der Waals surface area contributed by atoms with Crippen molar-refractivity contribution in [2.75, 3.05) is 4.90 Å². The molecule has 0 bridgehead atoms. The zero-order valence-corrected chi connectivity index (χ0v) is 18.5. The van der Waals surface area contributed by atoms with Crippen molar-refractivity contribution >= 4 is 56.4 Å². The Balaban J connectivity index is 1.97. The minimum Gasteiger partial charge on any atom is -0.290 e. The molecule has 0 atom stereocenters. The van der Waals surface area contributed by atoms with Crippen LogP contribution >= 0.6 is 34.8 Å². The second-order valence-electron chi connectivity index (χ2n) is 6.43. The van der Waals surface area contributed by atoms with Crippen LogP contribution in [-0.4, -0.2) is 30.3 Å². The Bertz CT molecular complexity index is 1140. The van der Waals surface area contributed by atoms with E-state index in [1.54, 1.807) is 24.3 Å². The summed E-state index contributed by atoms with van der Waals surface area (Å²) in [7, 11) is -4.00. The minimum atomic E-state index is -4.00. The second-order valence-corrected chi connectivity index (χ2v) is 9.64. The molecule has 0 saturated heterocycles. The van der Waals surface area contributed by atoms with Gasteiger partial charge in [-0.15, -0.1) is 0 Å². The van der Waals surface area contributed by atoms with E-state index in [0.29, 0.717) is 10.7 Å². The number of aromatic nitrogens is 2. The summed E-state index contributed by atoms with van der Waals surface area (Å²) in [5, 5.41) is 4.60. The molecule has 0 radical (unpaired) electrons. The molecule has 152 valence electrons. The zero-order valence-electron chi connectivity index (χ0n) is 15.4. The Morgan fingerprint density at radius 3 is 2.10 bits per heavy atom. The number of amides is 1. The zero-order chi connectivity index (χ0) is 21.3. The number of hydrogen-bond donors (Lipinski definition) is 0. The van der Waals surface area contributed by atoms with E-state index in [0.717, 1.165) is 4.68 Å². The predicted octanol–water partition coefficient (Wildman–Crippen LogP) is 5.56. The average molecular weight is 473 g/mol. The van der Waals surface area contributed by atoms with Crippen molar-refractivity contribution in [3.8, 4) is 0 Å². The second kappa shape index (κ2) is 8.36. The smallest absolute Gasteiger partial charge is 0.290 e. The van der Waals surface area contributed by atoms with Crippen LogP contribution in [0.4, 0.5) is 10.5 Å². The maximum atomic E-state index is 13.0. The molecule has 3 aromatic rings. The number of benzene rings is 2. The molecule has 29 heavy (non-hydrogen) atoms. The SMILES string of the molecule is CC(C)N(C(=O)n1ccc(S(=O)(=O)c2cc(Cl)cc(Cl)c2)n1)c1ccc(Cl)cc1. The Morgan fingerprint density at radius 1 is 0.966 bits per heavy atom. The molecule has 0 fully saturated rings. The number of halogens is 3. The van der Waals surface area contributed by atoms with E-state index in [4.69, 9.17) is 34.8 Å². The van der Waals surface area contributed by atoms with E-state index >= 15 is 0 Å². The maximum absolute atomic E-state index is 13.0. The molecule has 10 heteroatoms. The summed E-state index contributed by atoms with van der Waals surface area (Å²) in [4.78, 5) is 14.4. The van der Waals surface area contributed by atoms with Crippen LogP contribution in [0.2, 0.25) is 15.1 Å². The lowest BCUT2D eigenvalue weighted by Gasteiger charge is -2.26. The van der Waals surface area contributed by atoms with E-state index in [1.165, 1.54) is 35.4 Å². The van der Waals surface area contributed by atoms with Gasteiger partial charge in [0.15, 0.2) is 5.03 Å². The van der Waals surface area contributed by atoms with Crippen LogP contribution in [0.3, 0.4) is 0 Å². The van der Waals surface area contributed by atoms with E-state index < -0.39 is 15.9 Å². The number of rotatable bonds is 4. The largest absolute Gasteiger partial charge is 0.349 e. The quantitative estimate of drug-likeness (QED) is 0.498. The molecule has 0 spiro atoms. The van der Waals surface area contributed by atoms with Crippen LogP contribution in [0.1, 0.15) is 13.8 Å². The van der Waals surface area contributed by atoms with Gasteiger partial charge in [0.2, 0.25) is 9.84 Å². The van der Waals surface area contributed by atoms with Crippen LogP contribution < -0.4 is 4.90 Å². The van der Waals surface area contributed by atoms with E-state index in [9.17, 15) is 13.2 Å². The van der Waals surface area contributed by atoms with E-state index in [1.807, 2.05) is 13.8 Å². The first-order valence-electron chi connectivity index (χ1n) is 8.45. The monoisotopic (exact) mass is 471 g/mol. The molecule has 0 saturated carbocycles. The molecule has 1 aromatic heterocycles. The van der Waals surface area contributed by atoms with Gasteiger partial charge in [0, 0.05) is 33.0 Å². The highest BCUT2D eigenvalue weighted by Crippen LogP contribution is 2.27. The minimum absolute atomic E-state index is 0.105. The summed E-state index contributed by atoms with van der Waals surface area (Å²) in [5.74, 6) is 0. The third-order valence-electron chi connectivity index (χ3n) is 4.01. The van der Waals surface area contributed by atoms with Crippen LogP contribution in [0.15, 0.2) is 64.6 Å². The molecule has 0 aliphatic rings. The lowest BCUT2D eigenvalue weighted by atomic mass is 10.2. The van der Waals surface area contributed by atoms with Crippen molar-refractivity contribution in [1.29, 1.82) is 0 Å². The van der Waals surface area contributed by atoms with Gasteiger partial charge in [-0.3, -0.25) is 4.90 Å². The van der Waals surface area contributed by atoms with Crippen molar-refractivity contribution in [2.45, 2.75) is 29.8 Å². The summed E-state index contributed by atoms with van der Waals surface area (Å²) < 4.78 is 26.7. The fraction of sp³-hybridized carbons (Fsp3) is 0.158. The third-order valence-corrected chi connectivity index (χ3v) is 6.32. The molecule has 0 aliphatic carbocycles. The van der Waals surface area contributed by atoms with Crippen molar-refractivity contribution < 1.29 is 13.2 Å². The molecule has 0 N–H and O–H groups in total. The van der Waals surface area contributed by atoms with Gasteiger partial charge in [-0.1, -0.05) is 34.8 Å². The molecular weight excluding hydrogens is 457 g/mol. The Hall–Kier alpha value is -2.06. The van der Waals surface area contributed by atoms with Crippen molar-refractivity contribution in [3.05, 3.63) is 69.8 Å². The highest BCUT2D eigenvalue weighted by Gasteiger charge is 2.26. The van der Waals surface area contributed by atoms with Gasteiger partial charge in [0.25, 0.3) is 0 Å². The van der Waals surface area contributed by atoms with Crippen LogP contribution in [0.25, 0.3) is 0 Å². The standard InChI is InChI=1S/C19H16Cl3N3O3S/c1-12(2)25(16-5-3-13(20)4-6-16)19(26)24-8-7-18(23-24)29(27,28)17-10-14(21)9-15(22)11-17/h3-12H,1-2H3. The van der Waals surface area contributed by atoms with Gasteiger partial charge in [-0.25, -0.2) is 13.2 Å². The molecule has 0 aliphatic heterocycles. The van der Waals surface area contributed by atoms with Gasteiger partial charge >= 0.3 is 6.03 Å². The molecule has 2 aromatic carbocycles. The summed E-state index contributed by atoms with van der Waals surface area (Å²) in [6, 6.07) is 11.3. The highest BCUT2D eigenvalue weighted by molar-refractivity contribution is 7.91. The van der Waals surface area contributed by atoms with Crippen molar-refractivity contribution in [1.82, 2.24) is 9.78 Å². The first kappa shape index (κ1) is 21.6. The van der Waals surface area contributed by atoms with Gasteiger partial charge in [0.05, 0.1) is 4.90 Å². The van der Waals surface area contributed by atoms with Gasteiger partial charge < -0.3 is 0 Å². The Labute approximate surface area is 183 Å². The normalized spacial score (nSPS) is 11.7. The van der Waals surface area contributed by atoms with E-state index in [2.05, 4.69) is 5.10 Å². The molecule has 1 amide bonds. The number of carbonyl (C=O) groups is 1. The lowest BCUT2D eigenvalue weighted by Crippen LogP contribution is -2.40. The van der Waals surface area contributed by atoms with Crippen LogP contribution in [-0.2, 0) is 9.84 Å². The lowest BCUT2D eigenvalue weighted by molar-refractivity contribution is 0.243. The molecule has 1 heterocycles. The number of sulfone groups is 1. The molecular formula is C19H16Cl3N3O3S. The summed E-state index contributed by atoms with van der Waals surface area (Å²) in [6.07, 6.45) is 1.30. The first-order valence-corrected chi connectivity index (χ1v) is 11.1. The molecule has 0 unspecified atom stereocenters. The number of carbonyl (C=O) groups excluding carboxylic acids is 1. The first-order chi connectivity index (χ1) is 13.6. The number of nitrogens with zero attached hydrogens (tertiary/aromatic N) is 3. The van der Waals surface area contributed by atoms with Gasteiger partial charge in [-0.2, -0.15) is 9.78 Å². The topological polar surface area (TPSA) is 72.3 Å². The summed E-state index contributed by atoms with van der Waals surface area (Å²) >= 11 is 17.7. The summed E-state index contributed by atoms with van der Waals surface area (Å²) in [6.45, 7) is 3.67. The predicted molar refractivity (Wildman–Crippen MR) is 114 cm³/mol. The number of hydrogen-bond acceptors (Lipinski definition) is 4. The van der Waals surface area contributed by atoms with Crippen LogP contribution in [0, 0.1) is 0 Å².